The van der Waals surface area contributed by atoms with Crippen molar-refractivity contribution in [1.29, 1.82) is 0 Å². The van der Waals surface area contributed by atoms with Gasteiger partial charge in [0.05, 0.1) is 0 Å². The lowest BCUT2D eigenvalue weighted by atomic mass is 10.1. The summed E-state index contributed by atoms with van der Waals surface area (Å²) in [4.78, 5) is 8.75. The van der Waals surface area contributed by atoms with E-state index in [0.29, 0.717) is 5.92 Å². The predicted molar refractivity (Wildman–Crippen MR) is 86.2 cm³/mol. The Kier molecular flexibility index (Phi) is 7.63. The maximum atomic E-state index is 4.40. The summed E-state index contributed by atoms with van der Waals surface area (Å²) in [7, 11) is 0. The minimum atomic E-state index is 0.641. The van der Waals surface area contributed by atoms with Gasteiger partial charge in [-0.3, -0.25) is 0 Å². The number of aromatic nitrogens is 2. The number of hydrogen-bond acceptors (Lipinski definition) is 5. The van der Waals surface area contributed by atoms with Crippen molar-refractivity contribution in [3.63, 3.8) is 0 Å². The van der Waals surface area contributed by atoms with E-state index in [9.17, 15) is 0 Å². The van der Waals surface area contributed by atoms with Crippen LogP contribution in [0, 0.1) is 5.92 Å². The molecule has 0 spiro atoms. The van der Waals surface area contributed by atoms with Crippen LogP contribution in [0.4, 0.5) is 11.6 Å². The number of nitrogens with one attached hydrogen (secondary N) is 2. The normalized spacial score (nSPS) is 12.2. The molecule has 0 aliphatic rings. The van der Waals surface area contributed by atoms with E-state index in [0.717, 1.165) is 37.6 Å². The standard InChI is InChI=1S/C14H26N4S/c1-5-7-12-13(15-6-2)17-10-18-14(12)16-8-11(3)9-19-4/h10-11H,5-9H2,1-4H3,(H2,15,16,17,18). The van der Waals surface area contributed by atoms with E-state index in [1.165, 1.54) is 11.3 Å². The van der Waals surface area contributed by atoms with Crippen molar-refractivity contribution < 1.29 is 0 Å². The van der Waals surface area contributed by atoms with E-state index in [4.69, 9.17) is 0 Å². The molecular formula is C14H26N4S. The van der Waals surface area contributed by atoms with E-state index in [-0.39, 0.29) is 0 Å². The Hall–Kier alpha value is -0.970. The molecule has 0 fully saturated rings. The minimum Gasteiger partial charge on any atom is -0.370 e. The van der Waals surface area contributed by atoms with Gasteiger partial charge in [0.2, 0.25) is 0 Å². The lowest BCUT2D eigenvalue weighted by molar-refractivity contribution is 0.697. The summed E-state index contributed by atoms with van der Waals surface area (Å²) in [6.07, 6.45) is 5.88. The van der Waals surface area contributed by atoms with Crippen molar-refractivity contribution in [2.24, 2.45) is 5.92 Å². The highest BCUT2D eigenvalue weighted by Gasteiger charge is 2.11. The zero-order chi connectivity index (χ0) is 14.1. The average molecular weight is 282 g/mol. The van der Waals surface area contributed by atoms with Crippen molar-refractivity contribution in [3.05, 3.63) is 11.9 Å². The zero-order valence-corrected chi connectivity index (χ0v) is 13.3. The summed E-state index contributed by atoms with van der Waals surface area (Å²) in [6, 6.07) is 0. The maximum Gasteiger partial charge on any atom is 0.134 e. The molecule has 2 N–H and O–H groups in total. The fourth-order valence-electron chi connectivity index (χ4n) is 1.99. The molecule has 1 rings (SSSR count). The van der Waals surface area contributed by atoms with Gasteiger partial charge in [-0.25, -0.2) is 9.97 Å². The third kappa shape index (κ3) is 5.27. The fourth-order valence-corrected chi connectivity index (χ4v) is 2.67. The second-order valence-electron chi connectivity index (χ2n) is 4.77. The predicted octanol–water partition coefficient (Wildman–Crippen LogP) is 3.27. The number of anilines is 2. The van der Waals surface area contributed by atoms with E-state index >= 15 is 0 Å². The molecule has 5 heteroatoms. The Morgan fingerprint density at radius 3 is 2.47 bits per heavy atom. The fraction of sp³-hybridized carbons (Fsp3) is 0.714. The van der Waals surface area contributed by atoms with Crippen LogP contribution in [0.2, 0.25) is 0 Å². The smallest absolute Gasteiger partial charge is 0.134 e. The summed E-state index contributed by atoms with van der Waals surface area (Å²) in [5, 5.41) is 6.80. The first-order chi connectivity index (χ1) is 9.22. The lowest BCUT2D eigenvalue weighted by Crippen LogP contribution is -2.16. The Labute approximate surface area is 121 Å². The van der Waals surface area contributed by atoms with Crippen molar-refractivity contribution >= 4 is 23.4 Å². The van der Waals surface area contributed by atoms with Crippen LogP contribution in [0.5, 0.6) is 0 Å². The molecule has 0 amide bonds. The van der Waals surface area contributed by atoms with Gasteiger partial charge >= 0.3 is 0 Å². The SMILES string of the molecule is CCCc1c(NCC)ncnc1NCC(C)CSC. The first kappa shape index (κ1) is 16.1. The van der Waals surface area contributed by atoms with E-state index in [1.54, 1.807) is 6.33 Å². The monoisotopic (exact) mass is 282 g/mol. The zero-order valence-electron chi connectivity index (χ0n) is 12.5. The third-order valence-electron chi connectivity index (χ3n) is 2.86. The molecule has 1 atom stereocenters. The molecule has 1 heterocycles. The molecule has 1 aromatic heterocycles. The number of hydrogen-bond donors (Lipinski definition) is 2. The molecule has 0 saturated carbocycles. The average Bonchev–Trinajstić information content (AvgIpc) is 2.40. The number of thioether (sulfide) groups is 1. The van der Waals surface area contributed by atoms with Crippen LogP contribution in [-0.2, 0) is 6.42 Å². The number of nitrogens with zero attached hydrogens (tertiary/aromatic N) is 2. The molecule has 0 aromatic carbocycles. The first-order valence-electron chi connectivity index (χ1n) is 7.03. The van der Waals surface area contributed by atoms with Crippen molar-refractivity contribution in [2.75, 3.05) is 35.7 Å². The molecule has 0 saturated heterocycles. The first-order valence-corrected chi connectivity index (χ1v) is 8.42. The van der Waals surface area contributed by atoms with Gasteiger partial charge in [-0.1, -0.05) is 20.3 Å². The van der Waals surface area contributed by atoms with E-state index < -0.39 is 0 Å². The van der Waals surface area contributed by atoms with E-state index in [2.05, 4.69) is 47.6 Å². The van der Waals surface area contributed by atoms with Crippen molar-refractivity contribution in [2.45, 2.75) is 33.6 Å². The van der Waals surface area contributed by atoms with Crippen LogP contribution in [0.25, 0.3) is 0 Å². The Morgan fingerprint density at radius 1 is 1.21 bits per heavy atom. The van der Waals surface area contributed by atoms with Crippen LogP contribution >= 0.6 is 11.8 Å². The van der Waals surface area contributed by atoms with Gasteiger partial charge in [-0.05, 0) is 31.3 Å². The van der Waals surface area contributed by atoms with Gasteiger partial charge in [-0.2, -0.15) is 11.8 Å². The van der Waals surface area contributed by atoms with Gasteiger partial charge in [0.15, 0.2) is 0 Å². The maximum absolute atomic E-state index is 4.40. The number of rotatable bonds is 9. The lowest BCUT2D eigenvalue weighted by Gasteiger charge is -2.16. The molecule has 0 bridgehead atoms. The molecule has 4 nitrogen and oxygen atoms in total. The Bertz CT molecular complexity index is 370. The van der Waals surface area contributed by atoms with Crippen LogP contribution in [-0.4, -0.2) is 35.1 Å². The molecule has 0 aliphatic carbocycles. The van der Waals surface area contributed by atoms with Gasteiger partial charge in [0.1, 0.15) is 18.0 Å². The molecule has 0 radical (unpaired) electrons. The summed E-state index contributed by atoms with van der Waals surface area (Å²) < 4.78 is 0. The molecule has 19 heavy (non-hydrogen) atoms. The minimum absolute atomic E-state index is 0.641. The van der Waals surface area contributed by atoms with E-state index in [1.807, 2.05) is 11.8 Å². The quantitative estimate of drug-likeness (QED) is 0.728. The summed E-state index contributed by atoms with van der Waals surface area (Å²) in [6.45, 7) is 8.37. The van der Waals surface area contributed by atoms with Gasteiger partial charge in [0, 0.05) is 18.7 Å². The van der Waals surface area contributed by atoms with Crippen LogP contribution < -0.4 is 10.6 Å². The third-order valence-corrected chi connectivity index (χ3v) is 3.76. The summed E-state index contributed by atoms with van der Waals surface area (Å²) >= 11 is 1.89. The molecular weight excluding hydrogens is 256 g/mol. The van der Waals surface area contributed by atoms with Crippen LogP contribution in [0.3, 0.4) is 0 Å². The van der Waals surface area contributed by atoms with Gasteiger partial charge in [-0.15, -0.1) is 0 Å². The highest BCUT2D eigenvalue weighted by Crippen LogP contribution is 2.22. The van der Waals surface area contributed by atoms with Gasteiger partial charge in [0.25, 0.3) is 0 Å². The molecule has 1 aromatic rings. The van der Waals surface area contributed by atoms with Crippen LogP contribution in [0.1, 0.15) is 32.8 Å². The topological polar surface area (TPSA) is 49.8 Å². The van der Waals surface area contributed by atoms with Crippen molar-refractivity contribution in [3.8, 4) is 0 Å². The molecule has 0 aliphatic heterocycles. The second kappa shape index (κ2) is 9.02. The van der Waals surface area contributed by atoms with Crippen LogP contribution in [0.15, 0.2) is 6.33 Å². The highest BCUT2D eigenvalue weighted by atomic mass is 32.2. The Balaban J connectivity index is 2.77. The largest absolute Gasteiger partial charge is 0.370 e. The van der Waals surface area contributed by atoms with Crippen molar-refractivity contribution in [1.82, 2.24) is 9.97 Å². The highest BCUT2D eigenvalue weighted by molar-refractivity contribution is 7.98. The molecule has 108 valence electrons. The van der Waals surface area contributed by atoms with Gasteiger partial charge < -0.3 is 10.6 Å². The second-order valence-corrected chi connectivity index (χ2v) is 5.68. The Morgan fingerprint density at radius 2 is 1.89 bits per heavy atom. The summed E-state index contributed by atoms with van der Waals surface area (Å²) in [5.41, 5.74) is 1.21. The molecule has 1 unspecified atom stereocenters. The summed E-state index contributed by atoms with van der Waals surface area (Å²) in [5.74, 6) is 3.77.